The lowest BCUT2D eigenvalue weighted by Gasteiger charge is -2.28. The molecule has 19 heavy (non-hydrogen) atoms. The molecule has 0 aliphatic carbocycles. The van der Waals surface area contributed by atoms with Gasteiger partial charge in [-0.15, -0.1) is 0 Å². The lowest BCUT2D eigenvalue weighted by molar-refractivity contribution is -0.122. The van der Waals surface area contributed by atoms with Crippen LogP contribution in [0.1, 0.15) is 78.1 Å². The SMILES string of the molecule is CCCCCCCCCC(=O)NC1CCC(C)NC1. The van der Waals surface area contributed by atoms with Gasteiger partial charge in [0.25, 0.3) is 0 Å². The number of unbranched alkanes of at least 4 members (excludes halogenated alkanes) is 6. The Bertz CT molecular complexity index is 235. The lowest BCUT2D eigenvalue weighted by Crippen LogP contribution is -2.48. The van der Waals surface area contributed by atoms with E-state index in [0.717, 1.165) is 19.4 Å². The first-order chi connectivity index (χ1) is 9.22. The number of hydrogen-bond acceptors (Lipinski definition) is 2. The molecular weight excluding hydrogens is 236 g/mol. The summed E-state index contributed by atoms with van der Waals surface area (Å²) >= 11 is 0. The van der Waals surface area contributed by atoms with Crippen molar-refractivity contribution in [2.45, 2.75) is 90.1 Å². The van der Waals surface area contributed by atoms with E-state index in [1.165, 1.54) is 44.9 Å². The fraction of sp³-hybridized carbons (Fsp3) is 0.938. The Hall–Kier alpha value is -0.570. The summed E-state index contributed by atoms with van der Waals surface area (Å²) < 4.78 is 0. The van der Waals surface area contributed by atoms with Gasteiger partial charge in [0.15, 0.2) is 0 Å². The van der Waals surface area contributed by atoms with E-state index < -0.39 is 0 Å². The lowest BCUT2D eigenvalue weighted by atomic mass is 10.0. The van der Waals surface area contributed by atoms with Gasteiger partial charge in [0.1, 0.15) is 0 Å². The highest BCUT2D eigenvalue weighted by atomic mass is 16.1. The van der Waals surface area contributed by atoms with Gasteiger partial charge in [-0.25, -0.2) is 0 Å². The van der Waals surface area contributed by atoms with E-state index in [9.17, 15) is 4.79 Å². The molecule has 3 nitrogen and oxygen atoms in total. The summed E-state index contributed by atoms with van der Waals surface area (Å²) in [5.74, 6) is 0.245. The third kappa shape index (κ3) is 8.25. The quantitative estimate of drug-likeness (QED) is 0.629. The van der Waals surface area contributed by atoms with E-state index in [1.807, 2.05) is 0 Å². The predicted octanol–water partition coefficient (Wildman–Crippen LogP) is 3.38. The molecular formula is C16H32N2O. The molecule has 0 aromatic heterocycles. The molecule has 1 fully saturated rings. The van der Waals surface area contributed by atoms with Crippen LogP contribution in [0.25, 0.3) is 0 Å². The number of rotatable bonds is 9. The number of carbonyl (C=O) groups excluding carboxylic acids is 1. The summed E-state index contributed by atoms with van der Waals surface area (Å²) in [6.07, 6.45) is 11.9. The molecule has 112 valence electrons. The molecule has 1 aliphatic heterocycles. The maximum absolute atomic E-state index is 11.8. The van der Waals surface area contributed by atoms with Gasteiger partial charge in [-0.05, 0) is 26.2 Å². The first kappa shape index (κ1) is 16.5. The van der Waals surface area contributed by atoms with Crippen LogP contribution in [0.2, 0.25) is 0 Å². The molecule has 1 aliphatic rings. The molecule has 0 bridgehead atoms. The zero-order chi connectivity index (χ0) is 13.9. The van der Waals surface area contributed by atoms with Gasteiger partial charge >= 0.3 is 0 Å². The van der Waals surface area contributed by atoms with Crippen LogP contribution in [-0.4, -0.2) is 24.5 Å². The Morgan fingerprint density at radius 3 is 2.42 bits per heavy atom. The van der Waals surface area contributed by atoms with E-state index in [0.29, 0.717) is 18.5 Å². The number of carbonyl (C=O) groups is 1. The van der Waals surface area contributed by atoms with Crippen molar-refractivity contribution in [3.63, 3.8) is 0 Å². The van der Waals surface area contributed by atoms with Crippen molar-refractivity contribution < 1.29 is 4.79 Å². The molecule has 1 saturated heterocycles. The smallest absolute Gasteiger partial charge is 0.220 e. The molecule has 0 spiro atoms. The highest BCUT2D eigenvalue weighted by molar-refractivity contribution is 5.76. The summed E-state index contributed by atoms with van der Waals surface area (Å²) in [5, 5.41) is 6.57. The molecule has 0 aromatic carbocycles. The third-order valence-corrected chi connectivity index (χ3v) is 4.03. The fourth-order valence-corrected chi connectivity index (χ4v) is 2.66. The molecule has 1 rings (SSSR count). The van der Waals surface area contributed by atoms with E-state index in [2.05, 4.69) is 24.5 Å². The van der Waals surface area contributed by atoms with Crippen LogP contribution in [0, 0.1) is 0 Å². The average molecular weight is 268 g/mol. The Balaban J connectivity index is 1.93. The molecule has 0 aromatic rings. The van der Waals surface area contributed by atoms with Gasteiger partial charge in [0.2, 0.25) is 5.91 Å². The highest BCUT2D eigenvalue weighted by Gasteiger charge is 2.18. The molecule has 2 N–H and O–H groups in total. The number of amides is 1. The van der Waals surface area contributed by atoms with Gasteiger partial charge in [-0.2, -0.15) is 0 Å². The van der Waals surface area contributed by atoms with Crippen molar-refractivity contribution >= 4 is 5.91 Å². The standard InChI is InChI=1S/C16H32N2O/c1-3-4-5-6-7-8-9-10-16(19)18-15-12-11-14(2)17-13-15/h14-15,17H,3-13H2,1-2H3,(H,18,19). The Morgan fingerprint density at radius 1 is 1.11 bits per heavy atom. The highest BCUT2D eigenvalue weighted by Crippen LogP contribution is 2.10. The van der Waals surface area contributed by atoms with Crippen molar-refractivity contribution in [2.75, 3.05) is 6.54 Å². The Kier molecular flexibility index (Phi) is 8.89. The predicted molar refractivity (Wildman–Crippen MR) is 81.2 cm³/mol. The Labute approximate surface area is 118 Å². The van der Waals surface area contributed by atoms with Gasteiger partial charge in [-0.3, -0.25) is 4.79 Å². The summed E-state index contributed by atoms with van der Waals surface area (Å²) in [4.78, 5) is 11.8. The average Bonchev–Trinajstić information content (AvgIpc) is 2.40. The second-order valence-electron chi connectivity index (χ2n) is 6.02. The van der Waals surface area contributed by atoms with Crippen molar-refractivity contribution in [1.29, 1.82) is 0 Å². The van der Waals surface area contributed by atoms with E-state index in [1.54, 1.807) is 0 Å². The topological polar surface area (TPSA) is 41.1 Å². The number of piperidine rings is 1. The molecule has 1 amide bonds. The minimum atomic E-state index is 0.245. The van der Waals surface area contributed by atoms with Crippen molar-refractivity contribution in [3.8, 4) is 0 Å². The van der Waals surface area contributed by atoms with Gasteiger partial charge < -0.3 is 10.6 Å². The first-order valence-corrected chi connectivity index (χ1v) is 8.25. The van der Waals surface area contributed by atoms with Crippen molar-refractivity contribution in [1.82, 2.24) is 10.6 Å². The van der Waals surface area contributed by atoms with Crippen LogP contribution in [0.5, 0.6) is 0 Å². The van der Waals surface area contributed by atoms with Crippen LogP contribution in [0.4, 0.5) is 0 Å². The zero-order valence-corrected chi connectivity index (χ0v) is 12.8. The Morgan fingerprint density at radius 2 is 1.79 bits per heavy atom. The second kappa shape index (κ2) is 10.2. The van der Waals surface area contributed by atoms with Crippen LogP contribution in [0.15, 0.2) is 0 Å². The van der Waals surface area contributed by atoms with E-state index in [4.69, 9.17) is 0 Å². The minimum absolute atomic E-state index is 0.245. The van der Waals surface area contributed by atoms with E-state index in [-0.39, 0.29) is 5.91 Å². The van der Waals surface area contributed by atoms with Crippen LogP contribution in [-0.2, 0) is 4.79 Å². The number of nitrogens with one attached hydrogen (secondary N) is 2. The summed E-state index contributed by atoms with van der Waals surface area (Å²) in [7, 11) is 0. The maximum atomic E-state index is 11.8. The summed E-state index contributed by atoms with van der Waals surface area (Å²) in [6, 6.07) is 0.963. The van der Waals surface area contributed by atoms with Gasteiger partial charge in [-0.1, -0.05) is 45.4 Å². The normalized spacial score (nSPS) is 23.3. The molecule has 0 saturated carbocycles. The minimum Gasteiger partial charge on any atom is -0.352 e. The summed E-state index contributed by atoms with van der Waals surface area (Å²) in [5.41, 5.74) is 0. The molecule has 2 atom stereocenters. The fourth-order valence-electron chi connectivity index (χ4n) is 2.66. The zero-order valence-electron chi connectivity index (χ0n) is 12.8. The maximum Gasteiger partial charge on any atom is 0.220 e. The third-order valence-electron chi connectivity index (χ3n) is 4.03. The van der Waals surface area contributed by atoms with E-state index >= 15 is 0 Å². The molecule has 2 unspecified atom stereocenters. The second-order valence-corrected chi connectivity index (χ2v) is 6.02. The van der Waals surface area contributed by atoms with Crippen LogP contribution >= 0.6 is 0 Å². The van der Waals surface area contributed by atoms with Crippen LogP contribution < -0.4 is 10.6 Å². The molecule has 1 heterocycles. The first-order valence-electron chi connectivity index (χ1n) is 8.25. The molecule has 0 radical (unpaired) electrons. The van der Waals surface area contributed by atoms with Gasteiger partial charge in [0, 0.05) is 25.0 Å². The summed E-state index contributed by atoms with van der Waals surface area (Å²) in [6.45, 7) is 5.38. The van der Waals surface area contributed by atoms with Crippen molar-refractivity contribution in [3.05, 3.63) is 0 Å². The molecule has 3 heteroatoms. The van der Waals surface area contributed by atoms with Gasteiger partial charge in [0.05, 0.1) is 0 Å². The monoisotopic (exact) mass is 268 g/mol. The number of hydrogen-bond donors (Lipinski definition) is 2. The van der Waals surface area contributed by atoms with Crippen LogP contribution in [0.3, 0.4) is 0 Å². The van der Waals surface area contributed by atoms with Crippen molar-refractivity contribution in [2.24, 2.45) is 0 Å². The largest absolute Gasteiger partial charge is 0.352 e.